The van der Waals surface area contributed by atoms with Crippen molar-refractivity contribution in [2.24, 2.45) is 0 Å². The molecule has 2 aromatic rings. The molecule has 0 aliphatic rings. The van der Waals surface area contributed by atoms with Gasteiger partial charge in [0.2, 0.25) is 0 Å². The molecule has 0 radical (unpaired) electrons. The summed E-state index contributed by atoms with van der Waals surface area (Å²) < 4.78 is 32.2. The van der Waals surface area contributed by atoms with Gasteiger partial charge in [-0.15, -0.1) is 0 Å². The minimum atomic E-state index is -3.60. The van der Waals surface area contributed by atoms with Crippen molar-refractivity contribution >= 4 is 21.4 Å². The van der Waals surface area contributed by atoms with Gasteiger partial charge >= 0.3 is 0 Å². The molecule has 2 N–H and O–H groups in total. The highest BCUT2D eigenvalue weighted by atomic mass is 32.2. The van der Waals surface area contributed by atoms with Crippen LogP contribution < -0.4 is 14.8 Å². The number of hydrogen-bond acceptors (Lipinski definition) is 4. The molecule has 0 fully saturated rings. The maximum absolute atomic E-state index is 12.3. The molecule has 0 amide bonds. The molecule has 0 saturated heterocycles. The lowest BCUT2D eigenvalue weighted by molar-refractivity contribution is 0.414. The highest BCUT2D eigenvalue weighted by Gasteiger charge is 2.14. The van der Waals surface area contributed by atoms with Gasteiger partial charge in [0.15, 0.2) is 0 Å². The smallest absolute Gasteiger partial charge is 0.261 e. The number of nitrogens with one attached hydrogen (secondary N) is 2. The van der Waals surface area contributed by atoms with Crippen molar-refractivity contribution < 1.29 is 13.2 Å². The molecule has 0 spiro atoms. The number of hydrogen-bond donors (Lipinski definition) is 2. The Morgan fingerprint density at radius 1 is 0.909 bits per heavy atom. The van der Waals surface area contributed by atoms with Gasteiger partial charge in [-0.1, -0.05) is 0 Å². The predicted octanol–water partition coefficient (Wildman–Crippen LogP) is 3.32. The first-order chi connectivity index (χ1) is 10.4. The number of rotatable bonds is 6. The van der Waals surface area contributed by atoms with E-state index in [4.69, 9.17) is 4.74 Å². The van der Waals surface area contributed by atoms with E-state index < -0.39 is 10.0 Å². The Morgan fingerprint density at radius 2 is 1.45 bits per heavy atom. The molecule has 118 valence electrons. The van der Waals surface area contributed by atoms with Gasteiger partial charge in [0.1, 0.15) is 5.75 Å². The van der Waals surface area contributed by atoms with Crippen molar-refractivity contribution in [1.29, 1.82) is 0 Å². The summed E-state index contributed by atoms with van der Waals surface area (Å²) in [5.74, 6) is 0.614. The lowest BCUT2D eigenvalue weighted by Gasteiger charge is -2.12. The van der Waals surface area contributed by atoms with E-state index in [0.29, 0.717) is 17.5 Å². The first-order valence-corrected chi connectivity index (χ1v) is 8.42. The molecular formula is C16H20N2O3S. The molecule has 0 saturated carbocycles. The number of methoxy groups -OCH3 is 1. The Morgan fingerprint density at radius 3 is 1.95 bits per heavy atom. The van der Waals surface area contributed by atoms with E-state index in [1.165, 1.54) is 19.2 Å². The fraction of sp³-hybridized carbons (Fsp3) is 0.250. The third kappa shape index (κ3) is 4.14. The maximum Gasteiger partial charge on any atom is 0.261 e. The minimum Gasteiger partial charge on any atom is -0.497 e. The second-order valence-electron chi connectivity index (χ2n) is 5.16. The number of ether oxygens (including phenoxy) is 1. The topological polar surface area (TPSA) is 67.4 Å². The molecule has 0 aromatic heterocycles. The average molecular weight is 320 g/mol. The van der Waals surface area contributed by atoms with Crippen molar-refractivity contribution in [3.05, 3.63) is 48.5 Å². The lowest BCUT2D eigenvalue weighted by atomic mass is 10.2. The summed E-state index contributed by atoms with van der Waals surface area (Å²) in [4.78, 5) is 0.192. The molecule has 2 aromatic carbocycles. The quantitative estimate of drug-likeness (QED) is 0.857. The van der Waals surface area contributed by atoms with Crippen LogP contribution in [0.15, 0.2) is 53.4 Å². The molecule has 0 aliphatic carbocycles. The SMILES string of the molecule is COc1ccc(S(=O)(=O)Nc2ccc(NC(C)C)cc2)cc1. The van der Waals surface area contributed by atoms with Crippen molar-refractivity contribution in [3.8, 4) is 5.75 Å². The van der Waals surface area contributed by atoms with Gasteiger partial charge in [0.25, 0.3) is 10.0 Å². The monoisotopic (exact) mass is 320 g/mol. The van der Waals surface area contributed by atoms with E-state index >= 15 is 0 Å². The first-order valence-electron chi connectivity index (χ1n) is 6.94. The Kier molecular flexibility index (Phi) is 4.92. The van der Waals surface area contributed by atoms with Crippen molar-refractivity contribution in [1.82, 2.24) is 0 Å². The molecule has 0 atom stereocenters. The van der Waals surface area contributed by atoms with E-state index in [0.717, 1.165) is 5.69 Å². The average Bonchev–Trinajstić information content (AvgIpc) is 2.48. The Hall–Kier alpha value is -2.21. The standard InChI is InChI=1S/C16H20N2O3S/c1-12(2)17-13-4-6-14(7-5-13)18-22(19,20)16-10-8-15(21-3)9-11-16/h4-12,17-18H,1-3H3. The van der Waals surface area contributed by atoms with Crippen LogP contribution in [0.25, 0.3) is 0 Å². The molecule has 6 heteroatoms. The molecule has 22 heavy (non-hydrogen) atoms. The van der Waals surface area contributed by atoms with Crippen LogP contribution in [-0.4, -0.2) is 21.6 Å². The third-order valence-electron chi connectivity index (χ3n) is 2.96. The van der Waals surface area contributed by atoms with Crippen LogP contribution in [0.4, 0.5) is 11.4 Å². The Labute approximate surface area is 131 Å². The summed E-state index contributed by atoms with van der Waals surface area (Å²) in [6.45, 7) is 4.08. The summed E-state index contributed by atoms with van der Waals surface area (Å²) in [6.07, 6.45) is 0. The van der Waals surface area contributed by atoms with Crippen LogP contribution >= 0.6 is 0 Å². The van der Waals surface area contributed by atoms with Gasteiger partial charge in [0, 0.05) is 17.4 Å². The zero-order valence-corrected chi connectivity index (χ0v) is 13.6. The fourth-order valence-electron chi connectivity index (χ4n) is 1.94. The maximum atomic E-state index is 12.3. The predicted molar refractivity (Wildman–Crippen MR) is 89.0 cm³/mol. The third-order valence-corrected chi connectivity index (χ3v) is 4.36. The highest BCUT2D eigenvalue weighted by Crippen LogP contribution is 2.20. The molecule has 5 nitrogen and oxygen atoms in total. The van der Waals surface area contributed by atoms with Crippen LogP contribution in [0.3, 0.4) is 0 Å². The van der Waals surface area contributed by atoms with Crippen LogP contribution in [0.1, 0.15) is 13.8 Å². The summed E-state index contributed by atoms with van der Waals surface area (Å²) in [5, 5.41) is 3.25. The summed E-state index contributed by atoms with van der Waals surface area (Å²) >= 11 is 0. The number of anilines is 2. The Bertz CT molecular complexity index is 708. The molecule has 2 rings (SSSR count). The van der Waals surface area contributed by atoms with Gasteiger partial charge in [-0.05, 0) is 62.4 Å². The summed E-state index contributed by atoms with van der Waals surface area (Å²) in [6, 6.07) is 13.7. The normalized spacial score (nSPS) is 11.3. The second kappa shape index (κ2) is 6.70. The van der Waals surface area contributed by atoms with Gasteiger partial charge < -0.3 is 10.1 Å². The van der Waals surface area contributed by atoms with Gasteiger partial charge in [-0.2, -0.15) is 0 Å². The van der Waals surface area contributed by atoms with Crippen LogP contribution in [-0.2, 0) is 10.0 Å². The number of sulfonamides is 1. The molecule has 0 unspecified atom stereocenters. The summed E-state index contributed by atoms with van der Waals surface area (Å²) in [5.41, 5.74) is 1.47. The first kappa shape index (κ1) is 16.2. The van der Waals surface area contributed by atoms with Gasteiger partial charge in [0.05, 0.1) is 12.0 Å². The van der Waals surface area contributed by atoms with Crippen LogP contribution in [0.2, 0.25) is 0 Å². The minimum absolute atomic E-state index is 0.192. The van der Waals surface area contributed by atoms with E-state index in [9.17, 15) is 8.42 Å². The second-order valence-corrected chi connectivity index (χ2v) is 6.84. The van der Waals surface area contributed by atoms with Crippen LogP contribution in [0, 0.1) is 0 Å². The van der Waals surface area contributed by atoms with Crippen molar-refractivity contribution in [2.45, 2.75) is 24.8 Å². The lowest BCUT2D eigenvalue weighted by Crippen LogP contribution is -2.13. The van der Waals surface area contributed by atoms with E-state index in [1.54, 1.807) is 24.3 Å². The molecule has 0 heterocycles. The van der Waals surface area contributed by atoms with Crippen molar-refractivity contribution in [2.75, 3.05) is 17.1 Å². The fourth-order valence-corrected chi connectivity index (χ4v) is 3.00. The van der Waals surface area contributed by atoms with E-state index in [-0.39, 0.29) is 4.90 Å². The van der Waals surface area contributed by atoms with E-state index in [2.05, 4.69) is 10.0 Å². The zero-order valence-electron chi connectivity index (χ0n) is 12.8. The molecule has 0 aliphatic heterocycles. The van der Waals surface area contributed by atoms with Gasteiger partial charge in [-0.3, -0.25) is 4.72 Å². The van der Waals surface area contributed by atoms with Gasteiger partial charge in [-0.25, -0.2) is 8.42 Å². The molecule has 0 bridgehead atoms. The van der Waals surface area contributed by atoms with Crippen molar-refractivity contribution in [3.63, 3.8) is 0 Å². The van der Waals surface area contributed by atoms with E-state index in [1.807, 2.05) is 26.0 Å². The zero-order chi connectivity index (χ0) is 16.2. The number of benzene rings is 2. The summed E-state index contributed by atoms with van der Waals surface area (Å²) in [7, 11) is -2.06. The van der Waals surface area contributed by atoms with Crippen LogP contribution in [0.5, 0.6) is 5.75 Å². The Balaban J connectivity index is 2.13. The largest absolute Gasteiger partial charge is 0.497 e. The molecular weight excluding hydrogens is 300 g/mol. The highest BCUT2D eigenvalue weighted by molar-refractivity contribution is 7.92.